The highest BCUT2D eigenvalue weighted by molar-refractivity contribution is 7.86. The quantitative estimate of drug-likeness (QED) is 0.0227. The molecule has 5 amide bonds. The molecule has 6 N–H and O–H groups in total. The Hall–Kier alpha value is -10.1. The number of benzene rings is 6. The van der Waals surface area contributed by atoms with E-state index in [9.17, 15) is 51.9 Å². The van der Waals surface area contributed by atoms with Crippen LogP contribution in [0.15, 0.2) is 157 Å². The first kappa shape index (κ1) is 106. The number of rotatable bonds is 16. The first-order chi connectivity index (χ1) is 61.7. The number of nitrogens with zero attached hydrogens (tertiary/aromatic N) is 7. The van der Waals surface area contributed by atoms with Crippen molar-refractivity contribution < 1.29 is 70.3 Å². The highest BCUT2D eigenvalue weighted by Crippen LogP contribution is 2.36. The van der Waals surface area contributed by atoms with E-state index in [0.29, 0.717) is 68.9 Å². The molecule has 0 bridgehead atoms. The predicted molar refractivity (Wildman–Crippen MR) is 524 cm³/mol. The Morgan fingerprint density at radius 3 is 1.46 bits per heavy atom. The SMILES string of the molecule is CC(C)(C)OC(=O)C[C@@H](C(=O)O)C1CCCCC1.CN(C)C(=O)c1c[nH]c2ccc(Cl)cc12.CN(C)C(=O)c1cn(C[C@@H]2CCCN2)c2ccc(Cl)cc12.CN(C)C(=O)c1cn(C[C@@H]2CCCN2C(=O)OC(C)(C)C)c2ccc(Cl)cc12.CNC.Cc1ccc(S(=O)(=O)OC[C@@H]2CCCN2C(=O)OC(C)(C)C)cc1.Clc1ccc2[nH]ccc2c1.O=Cc1c[nH]c2ccc(Cl)cc12. The molecule has 1 aliphatic carbocycles. The lowest BCUT2D eigenvalue weighted by Crippen LogP contribution is -2.42. The number of ether oxygens (including phenoxy) is 3. The lowest BCUT2D eigenvalue weighted by Gasteiger charge is -2.29. The molecule has 3 aliphatic heterocycles. The summed E-state index contributed by atoms with van der Waals surface area (Å²) in [6, 6.07) is 36.7. The summed E-state index contributed by atoms with van der Waals surface area (Å²) in [6.07, 6.45) is 20.1. The van der Waals surface area contributed by atoms with Crippen molar-refractivity contribution in [1.29, 1.82) is 0 Å². The zero-order valence-electron chi connectivity index (χ0n) is 78.2. The zero-order chi connectivity index (χ0) is 96.6. The molecule has 5 aromatic heterocycles. The Balaban J connectivity index is 0.000000191. The number of carboxylic acids is 1. The third kappa shape index (κ3) is 31.8. The Morgan fingerprint density at radius 1 is 0.519 bits per heavy atom. The number of hydrogen-bond donors (Lipinski definition) is 6. The number of aldehydes is 1. The highest BCUT2D eigenvalue weighted by atomic mass is 35.5. The van der Waals surface area contributed by atoms with Crippen LogP contribution in [-0.4, -0.2) is 228 Å². The number of carbonyl (C=O) groups is 8. The number of aromatic amines is 3. The van der Waals surface area contributed by atoms with Gasteiger partial charge in [0.25, 0.3) is 27.8 Å². The molecule has 4 atom stereocenters. The molecule has 710 valence electrons. The van der Waals surface area contributed by atoms with Gasteiger partial charge in [-0.15, -0.1) is 0 Å². The van der Waals surface area contributed by atoms with E-state index >= 15 is 0 Å². The summed E-state index contributed by atoms with van der Waals surface area (Å²) in [4.78, 5) is 112. The van der Waals surface area contributed by atoms with Gasteiger partial charge in [-0.2, -0.15) is 8.42 Å². The average Bonchev–Trinajstić information content (AvgIpc) is 1.63. The van der Waals surface area contributed by atoms with Crippen LogP contribution in [0.25, 0.3) is 54.5 Å². The minimum absolute atomic E-state index is 0.00271. The number of aliphatic carboxylic acids is 1. The van der Waals surface area contributed by atoms with Gasteiger partial charge < -0.3 is 78.5 Å². The second kappa shape index (κ2) is 48.5. The van der Waals surface area contributed by atoms with Crippen LogP contribution >= 0.6 is 58.0 Å². The molecular formula is C98H127Cl5N12O15S. The maximum absolute atomic E-state index is 12.6. The van der Waals surface area contributed by atoms with Gasteiger partial charge in [0.15, 0.2) is 6.29 Å². The van der Waals surface area contributed by atoms with Gasteiger partial charge in [0.2, 0.25) is 0 Å². The number of H-pyrrole nitrogens is 3. The van der Waals surface area contributed by atoms with E-state index in [1.165, 1.54) is 31.4 Å². The molecule has 6 aromatic carbocycles. The lowest BCUT2D eigenvalue weighted by atomic mass is 9.78. The van der Waals surface area contributed by atoms with E-state index in [0.717, 1.165) is 135 Å². The van der Waals surface area contributed by atoms with Gasteiger partial charge in [-0.1, -0.05) is 95.0 Å². The smallest absolute Gasteiger partial charge is 0.410 e. The van der Waals surface area contributed by atoms with Crippen molar-refractivity contribution >= 4 is 171 Å². The summed E-state index contributed by atoms with van der Waals surface area (Å²) in [7, 11) is 10.4. The van der Waals surface area contributed by atoms with Crippen molar-refractivity contribution in [2.24, 2.45) is 11.8 Å². The monoisotopic (exact) mass is 1920 g/mol. The van der Waals surface area contributed by atoms with Gasteiger partial charge in [0, 0.05) is 191 Å². The molecule has 8 heterocycles. The number of hydrogen-bond acceptors (Lipinski definition) is 16. The summed E-state index contributed by atoms with van der Waals surface area (Å²) >= 11 is 29.7. The number of fused-ring (bicyclic) bond motifs is 5. The fraction of sp³-hybridized carbons (Fsp3) is 0.449. The maximum Gasteiger partial charge on any atom is 0.410 e. The van der Waals surface area contributed by atoms with Crippen LogP contribution in [0.4, 0.5) is 9.59 Å². The molecular weight excluding hydrogens is 1790 g/mol. The van der Waals surface area contributed by atoms with Gasteiger partial charge in [-0.05, 0) is 256 Å². The summed E-state index contributed by atoms with van der Waals surface area (Å²) in [5, 5.41) is 23.5. The number of carbonyl (C=O) groups excluding carboxylic acids is 7. The van der Waals surface area contributed by atoms with Crippen LogP contribution in [0.5, 0.6) is 0 Å². The van der Waals surface area contributed by atoms with Gasteiger partial charge in [-0.3, -0.25) is 33.0 Å². The molecule has 11 aromatic rings. The number of likely N-dealkylation sites (tertiary alicyclic amines) is 2. The van der Waals surface area contributed by atoms with Crippen LogP contribution in [0.3, 0.4) is 0 Å². The molecule has 15 rings (SSSR count). The van der Waals surface area contributed by atoms with Gasteiger partial charge in [0.1, 0.15) is 16.8 Å². The van der Waals surface area contributed by atoms with E-state index in [4.69, 9.17) is 76.4 Å². The second-order valence-electron chi connectivity index (χ2n) is 36.4. The van der Waals surface area contributed by atoms with Crippen molar-refractivity contribution in [3.05, 3.63) is 205 Å². The highest BCUT2D eigenvalue weighted by Gasteiger charge is 2.37. The van der Waals surface area contributed by atoms with Crippen LogP contribution in [0.2, 0.25) is 25.1 Å². The molecule has 0 spiro atoms. The number of nitrogens with one attached hydrogen (secondary N) is 5. The molecule has 1 saturated carbocycles. The van der Waals surface area contributed by atoms with Crippen molar-refractivity contribution in [2.45, 2.75) is 199 Å². The Labute approximate surface area is 793 Å². The Morgan fingerprint density at radius 2 is 0.969 bits per heavy atom. The van der Waals surface area contributed by atoms with E-state index in [1.807, 2.05) is 133 Å². The third-order valence-electron chi connectivity index (χ3n) is 21.6. The zero-order valence-corrected chi connectivity index (χ0v) is 82.8. The first-order valence-corrected chi connectivity index (χ1v) is 47.1. The molecule has 3 saturated heterocycles. The normalized spacial score (nSPS) is 15.8. The first-order valence-electron chi connectivity index (χ1n) is 43.8. The molecule has 4 fully saturated rings. The third-order valence-corrected chi connectivity index (χ3v) is 24.1. The number of carboxylic acid groups (broad SMARTS) is 1. The van der Waals surface area contributed by atoms with E-state index in [-0.39, 0.29) is 59.7 Å². The lowest BCUT2D eigenvalue weighted by molar-refractivity contribution is -0.161. The van der Waals surface area contributed by atoms with Crippen LogP contribution in [-0.2, 0) is 51.2 Å². The molecule has 131 heavy (non-hydrogen) atoms. The predicted octanol–water partition coefficient (Wildman–Crippen LogP) is 21.1. The van der Waals surface area contributed by atoms with Crippen molar-refractivity contribution in [3.8, 4) is 0 Å². The van der Waals surface area contributed by atoms with Crippen LogP contribution in [0, 0.1) is 18.8 Å². The van der Waals surface area contributed by atoms with Gasteiger partial charge >= 0.3 is 24.1 Å². The average molecular weight is 1920 g/mol. The van der Waals surface area contributed by atoms with Gasteiger partial charge in [0.05, 0.1) is 52.6 Å². The summed E-state index contributed by atoms with van der Waals surface area (Å²) in [6.45, 7) is 22.0. The van der Waals surface area contributed by atoms with Gasteiger partial charge in [-0.25, -0.2) is 9.59 Å². The number of halogens is 5. The molecule has 33 heteroatoms. The Kier molecular flexibility index (Phi) is 39.3. The van der Waals surface area contributed by atoms with E-state index in [2.05, 4.69) is 34.7 Å². The fourth-order valence-corrected chi connectivity index (χ4v) is 17.3. The van der Waals surface area contributed by atoms with E-state index in [1.54, 1.807) is 157 Å². The molecule has 0 unspecified atom stereocenters. The van der Waals surface area contributed by atoms with Crippen LogP contribution in [0.1, 0.15) is 186 Å². The molecule has 4 aliphatic rings. The van der Waals surface area contributed by atoms with Crippen molar-refractivity contribution in [2.75, 3.05) is 82.6 Å². The number of aromatic nitrogens is 5. The summed E-state index contributed by atoms with van der Waals surface area (Å²) in [5.41, 5.74) is 6.93. The number of amides is 5. The van der Waals surface area contributed by atoms with E-state index < -0.39 is 50.9 Å². The van der Waals surface area contributed by atoms with Crippen molar-refractivity contribution in [1.82, 2.24) is 59.2 Å². The number of esters is 1. The topological polar surface area (TPSA) is 325 Å². The summed E-state index contributed by atoms with van der Waals surface area (Å²) in [5.74, 6) is -1.80. The van der Waals surface area contributed by atoms with Crippen molar-refractivity contribution in [3.63, 3.8) is 0 Å². The fourth-order valence-electron chi connectivity index (χ4n) is 15.4. The van der Waals surface area contributed by atoms with Crippen LogP contribution < -0.4 is 10.6 Å². The second-order valence-corrected chi connectivity index (χ2v) is 40.2. The Bertz CT molecular complexity index is 5810. The molecule has 27 nitrogen and oxygen atoms in total. The standard InChI is InChI=1S/C21H28ClN3O3.C17H25NO5S.C16H20ClN3O.C14H24O4.C11H11ClN2O.C9H6ClNO.C8H6ClN.C2H7N/c1-21(2,3)28-20(27)25-10-6-7-15(25)12-24-13-17(19(26)23(4)5)16-11-14(22)8-9-18(16)24;1-13-7-9-15(10-8-13)24(20,21)22-12-14-6-5-11-18(14)16(19)23-17(2,3)4;1-19(2)16(21)14-10-20(9-12-4-3-7-18-12)15-6-5-11(17)8-13(14)15;1-14(2,3)18-12(15)9-11(13(16)17)10-7-5-4-6-8-10;1-14(2)11(15)9-6-13-10-4-3-7(12)5-8(9)10;10-7-1-2-9-8(3-7)6(5-12)4-11-9;9-7-1-2-8-6(5-7)3-4-10-8;1-3-2/h8-9,11,13,15H,6-7,10,12H2,1-5H3;7-10,14H,5-6,11-12H2,1-4H3;5-6,8,10,12,18H,3-4,7,9H2,1-2H3;10-11H,4-9H2,1-3H3,(H,16,17);3-6,13H,1-2H3;1-5,11H;1-5,10H;3H,1-2H3/t15-;14-;12-;11-;;;;/m0001..../s1. The largest absolute Gasteiger partial charge is 0.481 e. The summed E-state index contributed by atoms with van der Waals surface area (Å²) < 4.78 is 50.0. The minimum Gasteiger partial charge on any atom is -0.481 e. The molecule has 0 radical (unpaired) electrons. The number of aryl methyl sites for hydroxylation is 1. The maximum atomic E-state index is 12.6. The minimum atomic E-state index is -3.83.